The Kier molecular flexibility index (Phi) is 6.93. The Morgan fingerprint density at radius 1 is 0.211 bits per heavy atom. The van der Waals surface area contributed by atoms with Crippen molar-refractivity contribution in [3.05, 3.63) is 212 Å². The van der Waals surface area contributed by atoms with Crippen LogP contribution < -0.4 is 0 Å². The quantitative estimate of drug-likeness (QED) is 0.168. The number of hydrogen-bond acceptors (Lipinski definition) is 0. The third kappa shape index (κ3) is 4.79. The van der Waals surface area contributed by atoms with Crippen LogP contribution in [0.1, 0.15) is 0 Å². The lowest BCUT2D eigenvalue weighted by Gasteiger charge is -2.14. The van der Waals surface area contributed by atoms with Crippen molar-refractivity contribution in [3.8, 4) is 39.3 Å². The summed E-state index contributed by atoms with van der Waals surface area (Å²) < 4.78 is 7.33. The highest BCUT2D eigenvalue weighted by Crippen LogP contribution is 2.42. The first-order chi connectivity index (χ1) is 28.3. The third-order valence-corrected chi connectivity index (χ3v) is 11.8. The van der Waals surface area contributed by atoms with Gasteiger partial charge in [-0.25, -0.2) is 0 Å². The van der Waals surface area contributed by atoms with Gasteiger partial charge in [0.15, 0.2) is 0 Å². The van der Waals surface area contributed by atoms with E-state index in [1.165, 1.54) is 87.7 Å². The summed E-state index contributed by atoms with van der Waals surface area (Å²) >= 11 is 0. The van der Waals surface area contributed by atoms with Crippen molar-refractivity contribution in [1.29, 1.82) is 0 Å². The largest absolute Gasteiger partial charge is 0.309 e. The maximum absolute atomic E-state index is 2.48. The van der Waals surface area contributed by atoms with Crippen molar-refractivity contribution in [1.82, 2.24) is 13.7 Å². The Morgan fingerprint density at radius 2 is 0.579 bits per heavy atom. The summed E-state index contributed by atoms with van der Waals surface area (Å²) in [5, 5.41) is 7.51. The van der Waals surface area contributed by atoms with E-state index in [0.717, 1.165) is 17.1 Å². The van der Waals surface area contributed by atoms with Crippen LogP contribution >= 0.6 is 0 Å². The smallest absolute Gasteiger partial charge is 0.0788 e. The highest BCUT2D eigenvalue weighted by atomic mass is 15.0. The van der Waals surface area contributed by atoms with E-state index in [1.54, 1.807) is 0 Å². The van der Waals surface area contributed by atoms with Gasteiger partial charge in [0, 0.05) is 49.4 Å². The van der Waals surface area contributed by atoms with Gasteiger partial charge in [0.1, 0.15) is 0 Å². The first-order valence-corrected chi connectivity index (χ1v) is 19.6. The van der Waals surface area contributed by atoms with Gasteiger partial charge in [-0.1, -0.05) is 152 Å². The zero-order valence-corrected chi connectivity index (χ0v) is 31.0. The zero-order chi connectivity index (χ0) is 37.5. The lowest BCUT2D eigenvalue weighted by Crippen LogP contribution is -1.99. The van der Waals surface area contributed by atoms with Gasteiger partial charge in [-0.2, -0.15) is 0 Å². The van der Waals surface area contributed by atoms with Crippen LogP contribution in [0.15, 0.2) is 212 Å². The van der Waals surface area contributed by atoms with Crippen LogP contribution in [0.3, 0.4) is 0 Å². The first kappa shape index (κ1) is 31.7. The highest BCUT2D eigenvalue weighted by Gasteiger charge is 2.21. The Bertz CT molecular complexity index is 3440. The topological polar surface area (TPSA) is 14.8 Å². The molecule has 9 aromatic carbocycles. The van der Waals surface area contributed by atoms with E-state index >= 15 is 0 Å². The van der Waals surface area contributed by atoms with Gasteiger partial charge in [0.25, 0.3) is 0 Å². The second-order valence-electron chi connectivity index (χ2n) is 14.9. The molecule has 0 spiro atoms. The molecule has 12 rings (SSSR count). The number of para-hydroxylation sites is 4. The number of aromatic nitrogens is 3. The fourth-order valence-corrected chi connectivity index (χ4v) is 9.30. The molecule has 0 unspecified atom stereocenters. The predicted octanol–water partition coefficient (Wildman–Crippen LogP) is 14.3. The van der Waals surface area contributed by atoms with E-state index < -0.39 is 0 Å². The SMILES string of the molecule is c1ccc(-c2ccc(-n3c4ccccc4c4ccc5c6ccccc6n(-c6cccc(-c7ccc(-n8c9ccccc9c9ccccc98)cc7)c6)c5c43)cc2)cc1. The molecule has 3 nitrogen and oxygen atoms in total. The molecule has 0 fully saturated rings. The Balaban J connectivity index is 1.05. The third-order valence-electron chi connectivity index (χ3n) is 11.8. The number of rotatable bonds is 5. The lowest BCUT2D eigenvalue weighted by molar-refractivity contribution is 1.15. The van der Waals surface area contributed by atoms with Crippen LogP contribution in [0.5, 0.6) is 0 Å². The van der Waals surface area contributed by atoms with Crippen molar-refractivity contribution in [3.63, 3.8) is 0 Å². The van der Waals surface area contributed by atoms with E-state index in [4.69, 9.17) is 0 Å². The number of benzene rings is 9. The summed E-state index contributed by atoms with van der Waals surface area (Å²) in [6, 6.07) is 77.4. The molecule has 57 heavy (non-hydrogen) atoms. The summed E-state index contributed by atoms with van der Waals surface area (Å²) in [5.41, 5.74) is 15.4. The van der Waals surface area contributed by atoms with Gasteiger partial charge in [-0.3, -0.25) is 0 Å². The highest BCUT2D eigenvalue weighted by molar-refractivity contribution is 6.24. The normalized spacial score (nSPS) is 11.9. The molecule has 3 aromatic heterocycles. The maximum atomic E-state index is 2.48. The van der Waals surface area contributed by atoms with Gasteiger partial charge in [-0.15, -0.1) is 0 Å². The minimum Gasteiger partial charge on any atom is -0.309 e. The van der Waals surface area contributed by atoms with E-state index in [9.17, 15) is 0 Å². The average molecular weight is 726 g/mol. The average Bonchev–Trinajstić information content (AvgIpc) is 3.93. The van der Waals surface area contributed by atoms with E-state index in [0.29, 0.717) is 0 Å². The standard InChI is InChI=1S/C54H35N3/c1-2-13-36(14-3-1)37-25-31-41(32-26-37)56-51-23-10-6-19-45(51)47-33-34-48-46-20-7-11-24-52(46)57(54(48)53(47)56)42-16-12-15-39(35-42)38-27-29-40(30-28-38)55-49-21-8-4-17-43(49)44-18-5-9-22-50(44)55/h1-35H. The summed E-state index contributed by atoms with van der Waals surface area (Å²) in [6.45, 7) is 0. The molecule has 0 saturated carbocycles. The fourth-order valence-electron chi connectivity index (χ4n) is 9.30. The van der Waals surface area contributed by atoms with Gasteiger partial charge < -0.3 is 13.7 Å². The van der Waals surface area contributed by atoms with Crippen molar-refractivity contribution in [2.45, 2.75) is 0 Å². The van der Waals surface area contributed by atoms with Crippen LogP contribution in [0.4, 0.5) is 0 Å². The second kappa shape index (κ2) is 12.5. The van der Waals surface area contributed by atoms with Crippen molar-refractivity contribution in [2.24, 2.45) is 0 Å². The molecule has 0 N–H and O–H groups in total. The monoisotopic (exact) mass is 725 g/mol. The molecule has 0 bridgehead atoms. The molecular weight excluding hydrogens is 691 g/mol. The maximum Gasteiger partial charge on any atom is 0.0788 e. The molecule has 266 valence electrons. The van der Waals surface area contributed by atoms with Crippen LogP contribution in [-0.4, -0.2) is 13.7 Å². The van der Waals surface area contributed by atoms with Gasteiger partial charge in [0.05, 0.1) is 33.1 Å². The van der Waals surface area contributed by atoms with E-state index in [1.807, 2.05) is 0 Å². The molecule has 0 amide bonds. The zero-order valence-electron chi connectivity index (χ0n) is 31.0. The number of nitrogens with zero attached hydrogens (tertiary/aromatic N) is 3. The van der Waals surface area contributed by atoms with Gasteiger partial charge >= 0.3 is 0 Å². The molecule has 12 aromatic rings. The Labute approximate surface area is 329 Å². The van der Waals surface area contributed by atoms with Crippen molar-refractivity contribution < 1.29 is 0 Å². The summed E-state index contributed by atoms with van der Waals surface area (Å²) in [6.07, 6.45) is 0. The first-order valence-electron chi connectivity index (χ1n) is 19.6. The fraction of sp³-hybridized carbons (Fsp3) is 0. The minimum atomic E-state index is 1.13. The molecule has 0 aliphatic rings. The summed E-state index contributed by atoms with van der Waals surface area (Å²) in [7, 11) is 0. The lowest BCUT2D eigenvalue weighted by atomic mass is 10.0. The molecule has 3 heterocycles. The molecule has 0 aliphatic heterocycles. The van der Waals surface area contributed by atoms with Crippen LogP contribution in [0.2, 0.25) is 0 Å². The van der Waals surface area contributed by atoms with Crippen LogP contribution in [0.25, 0.3) is 105 Å². The Morgan fingerprint density at radius 3 is 1.11 bits per heavy atom. The second-order valence-corrected chi connectivity index (χ2v) is 14.9. The molecular formula is C54H35N3. The Hall–Kier alpha value is -7.62. The van der Waals surface area contributed by atoms with Gasteiger partial charge in [-0.05, 0) is 82.9 Å². The minimum absolute atomic E-state index is 1.13. The molecule has 3 heteroatoms. The molecule has 0 aliphatic carbocycles. The molecule has 0 radical (unpaired) electrons. The van der Waals surface area contributed by atoms with E-state index in [2.05, 4.69) is 226 Å². The number of hydrogen-bond donors (Lipinski definition) is 0. The predicted molar refractivity (Wildman–Crippen MR) is 240 cm³/mol. The van der Waals surface area contributed by atoms with Crippen molar-refractivity contribution in [2.75, 3.05) is 0 Å². The van der Waals surface area contributed by atoms with E-state index in [-0.39, 0.29) is 0 Å². The molecule has 0 saturated heterocycles. The summed E-state index contributed by atoms with van der Waals surface area (Å²) in [4.78, 5) is 0. The van der Waals surface area contributed by atoms with Crippen LogP contribution in [0, 0.1) is 0 Å². The summed E-state index contributed by atoms with van der Waals surface area (Å²) in [5.74, 6) is 0. The van der Waals surface area contributed by atoms with Crippen LogP contribution in [-0.2, 0) is 0 Å². The van der Waals surface area contributed by atoms with Crippen molar-refractivity contribution >= 4 is 65.4 Å². The number of fused-ring (bicyclic) bond motifs is 10. The van der Waals surface area contributed by atoms with Gasteiger partial charge in [0.2, 0.25) is 0 Å². The molecule has 0 atom stereocenters.